The fourth-order valence-electron chi connectivity index (χ4n) is 2.79. The summed E-state index contributed by atoms with van der Waals surface area (Å²) in [6.45, 7) is 3.90. The zero-order valence-corrected chi connectivity index (χ0v) is 15.5. The molecule has 2 aromatic heterocycles. The predicted octanol–water partition coefficient (Wildman–Crippen LogP) is 2.88. The number of nitrogens with one attached hydrogen (secondary N) is 1. The lowest BCUT2D eigenvalue weighted by Gasteiger charge is -2.15. The lowest BCUT2D eigenvalue weighted by molar-refractivity contribution is 0.0513. The molecule has 0 radical (unpaired) electrons. The van der Waals surface area contributed by atoms with E-state index in [1.54, 1.807) is 14.0 Å². The molecule has 2 heterocycles. The van der Waals surface area contributed by atoms with Gasteiger partial charge in [0.15, 0.2) is 5.69 Å². The molecule has 0 aliphatic rings. The topological polar surface area (TPSA) is 78.2 Å². The molecule has 0 saturated heterocycles. The van der Waals surface area contributed by atoms with Gasteiger partial charge < -0.3 is 14.6 Å². The van der Waals surface area contributed by atoms with Crippen LogP contribution >= 0.6 is 0 Å². The number of hydrogen-bond donors (Lipinski definition) is 1. The Labute approximate surface area is 157 Å². The number of amides is 1. The van der Waals surface area contributed by atoms with E-state index < -0.39 is 5.97 Å². The van der Waals surface area contributed by atoms with E-state index in [-0.39, 0.29) is 29.9 Å². The number of ether oxygens (including phenoxy) is 1. The van der Waals surface area contributed by atoms with E-state index in [0.29, 0.717) is 0 Å². The largest absolute Gasteiger partial charge is 0.461 e. The maximum absolute atomic E-state index is 12.5. The Morgan fingerprint density at radius 3 is 2.63 bits per heavy atom. The molecule has 0 fully saturated rings. The minimum atomic E-state index is -0.501. The quantitative estimate of drug-likeness (QED) is 0.681. The Balaban J connectivity index is 1.74. The van der Waals surface area contributed by atoms with Crippen LogP contribution in [0.2, 0.25) is 0 Å². The highest BCUT2D eigenvalue weighted by Crippen LogP contribution is 2.18. The minimum absolute atomic E-state index is 0.175. The molecule has 140 valence electrons. The summed E-state index contributed by atoms with van der Waals surface area (Å²) in [6, 6.07) is 13.1. The Hall–Kier alpha value is -3.35. The Bertz CT molecular complexity index is 944. The number of nitrogens with zero attached hydrogens (tertiary/aromatic N) is 3. The van der Waals surface area contributed by atoms with E-state index in [1.165, 1.54) is 10.7 Å². The second-order valence-electron chi connectivity index (χ2n) is 6.14. The maximum Gasteiger partial charge on any atom is 0.356 e. The lowest BCUT2D eigenvalue weighted by Crippen LogP contribution is -2.27. The van der Waals surface area contributed by atoms with Crippen LogP contribution in [0.5, 0.6) is 0 Å². The summed E-state index contributed by atoms with van der Waals surface area (Å²) in [5.74, 6) is -0.848. The molecular formula is C20H22N4O3. The highest BCUT2D eigenvalue weighted by molar-refractivity contribution is 5.96. The van der Waals surface area contributed by atoms with E-state index in [2.05, 4.69) is 10.4 Å². The van der Waals surface area contributed by atoms with E-state index in [4.69, 9.17) is 4.74 Å². The van der Waals surface area contributed by atoms with Crippen molar-refractivity contribution in [2.24, 2.45) is 7.05 Å². The zero-order valence-electron chi connectivity index (χ0n) is 15.5. The van der Waals surface area contributed by atoms with Gasteiger partial charge in [-0.2, -0.15) is 5.10 Å². The highest BCUT2D eigenvalue weighted by atomic mass is 16.5. The van der Waals surface area contributed by atoms with Crippen LogP contribution in [0.15, 0.2) is 54.9 Å². The standard InChI is InChI=1S/C20H22N4O3/c1-4-27-20(26)18-13-17(22-23(18)3)19(25)21-14(2)15-8-7-9-16(12-15)24-10-5-6-11-24/h5-14H,4H2,1-3H3,(H,21,25). The molecule has 1 unspecified atom stereocenters. The van der Waals surface area contributed by atoms with Gasteiger partial charge >= 0.3 is 5.97 Å². The number of esters is 1. The second-order valence-corrected chi connectivity index (χ2v) is 6.14. The summed E-state index contributed by atoms with van der Waals surface area (Å²) in [7, 11) is 1.60. The first-order chi connectivity index (χ1) is 13.0. The Morgan fingerprint density at radius 2 is 1.93 bits per heavy atom. The van der Waals surface area contributed by atoms with Crippen molar-refractivity contribution < 1.29 is 14.3 Å². The van der Waals surface area contributed by atoms with Gasteiger partial charge in [-0.25, -0.2) is 4.79 Å². The van der Waals surface area contributed by atoms with Gasteiger partial charge in [-0.3, -0.25) is 9.48 Å². The average molecular weight is 366 g/mol. The Kier molecular flexibility index (Phi) is 5.40. The fourth-order valence-corrected chi connectivity index (χ4v) is 2.79. The molecule has 3 rings (SSSR count). The van der Waals surface area contributed by atoms with Crippen LogP contribution in [0.25, 0.3) is 5.69 Å². The van der Waals surface area contributed by atoms with E-state index in [0.717, 1.165) is 11.3 Å². The highest BCUT2D eigenvalue weighted by Gasteiger charge is 2.20. The van der Waals surface area contributed by atoms with Gasteiger partial charge in [0.05, 0.1) is 12.6 Å². The SMILES string of the molecule is CCOC(=O)c1cc(C(=O)NC(C)c2cccc(-n3cccc3)c2)nn1C. The number of hydrogen-bond acceptors (Lipinski definition) is 4. The van der Waals surface area contributed by atoms with Crippen LogP contribution in [0.4, 0.5) is 0 Å². The number of benzene rings is 1. The predicted molar refractivity (Wildman–Crippen MR) is 101 cm³/mol. The molecule has 0 saturated carbocycles. The summed E-state index contributed by atoms with van der Waals surface area (Å²) < 4.78 is 8.32. The van der Waals surface area contributed by atoms with E-state index in [9.17, 15) is 9.59 Å². The van der Waals surface area contributed by atoms with Crippen molar-refractivity contribution in [3.05, 3.63) is 71.8 Å². The first-order valence-electron chi connectivity index (χ1n) is 8.75. The van der Waals surface area contributed by atoms with Crippen LogP contribution in [0, 0.1) is 0 Å². The van der Waals surface area contributed by atoms with Crippen LogP contribution in [0.3, 0.4) is 0 Å². The third-order valence-corrected chi connectivity index (χ3v) is 4.22. The van der Waals surface area contributed by atoms with Crippen molar-refractivity contribution in [3.8, 4) is 5.69 Å². The van der Waals surface area contributed by atoms with Gasteiger partial charge in [-0.05, 0) is 43.7 Å². The van der Waals surface area contributed by atoms with Gasteiger partial charge in [-0.15, -0.1) is 0 Å². The molecule has 3 aromatic rings. The van der Waals surface area contributed by atoms with Crippen molar-refractivity contribution in [3.63, 3.8) is 0 Å². The van der Waals surface area contributed by atoms with Crippen molar-refractivity contribution in [2.75, 3.05) is 6.61 Å². The van der Waals surface area contributed by atoms with Crippen LogP contribution in [-0.2, 0) is 11.8 Å². The van der Waals surface area contributed by atoms with Crippen LogP contribution in [0.1, 0.15) is 46.4 Å². The normalized spacial score (nSPS) is 11.8. The lowest BCUT2D eigenvalue weighted by atomic mass is 10.1. The number of aryl methyl sites for hydroxylation is 1. The summed E-state index contributed by atoms with van der Waals surface area (Å²) >= 11 is 0. The van der Waals surface area contributed by atoms with Gasteiger partial charge in [0.25, 0.3) is 5.91 Å². The molecule has 7 nitrogen and oxygen atoms in total. The maximum atomic E-state index is 12.5. The van der Waals surface area contributed by atoms with Gasteiger partial charge in [0.1, 0.15) is 5.69 Å². The molecule has 1 atom stereocenters. The van der Waals surface area contributed by atoms with E-state index >= 15 is 0 Å². The molecule has 0 spiro atoms. The molecule has 1 amide bonds. The zero-order chi connectivity index (χ0) is 19.4. The number of carbonyl (C=O) groups excluding carboxylic acids is 2. The molecule has 7 heteroatoms. The Morgan fingerprint density at radius 1 is 1.19 bits per heavy atom. The molecule has 0 aliphatic carbocycles. The fraction of sp³-hybridized carbons (Fsp3) is 0.250. The van der Waals surface area contributed by atoms with Gasteiger partial charge in [0, 0.05) is 31.2 Å². The molecule has 1 N–H and O–H groups in total. The average Bonchev–Trinajstić information content (AvgIpc) is 3.32. The molecule has 1 aromatic carbocycles. The second kappa shape index (κ2) is 7.90. The molecule has 0 aliphatic heterocycles. The summed E-state index contributed by atoms with van der Waals surface area (Å²) in [6.07, 6.45) is 3.93. The van der Waals surface area contributed by atoms with E-state index in [1.807, 2.05) is 60.3 Å². The third kappa shape index (κ3) is 4.08. The smallest absolute Gasteiger partial charge is 0.356 e. The molecular weight excluding hydrogens is 344 g/mol. The van der Waals surface area contributed by atoms with Gasteiger partial charge in [0.2, 0.25) is 0 Å². The first kappa shape index (κ1) is 18.4. The molecule has 0 bridgehead atoms. The summed E-state index contributed by atoms with van der Waals surface area (Å²) in [4.78, 5) is 24.4. The number of carbonyl (C=O) groups is 2. The van der Waals surface area contributed by atoms with Crippen molar-refractivity contribution in [1.82, 2.24) is 19.7 Å². The summed E-state index contributed by atoms with van der Waals surface area (Å²) in [5, 5.41) is 7.04. The first-order valence-corrected chi connectivity index (χ1v) is 8.75. The summed E-state index contributed by atoms with van der Waals surface area (Å²) in [5.41, 5.74) is 2.40. The third-order valence-electron chi connectivity index (χ3n) is 4.22. The van der Waals surface area contributed by atoms with Crippen molar-refractivity contribution in [2.45, 2.75) is 19.9 Å². The minimum Gasteiger partial charge on any atom is -0.461 e. The van der Waals surface area contributed by atoms with Gasteiger partial charge in [-0.1, -0.05) is 12.1 Å². The van der Waals surface area contributed by atoms with Crippen molar-refractivity contribution >= 4 is 11.9 Å². The molecule has 27 heavy (non-hydrogen) atoms. The monoisotopic (exact) mass is 366 g/mol. The van der Waals surface area contributed by atoms with Crippen LogP contribution in [-0.4, -0.2) is 32.8 Å². The van der Waals surface area contributed by atoms with Crippen LogP contribution < -0.4 is 5.32 Å². The van der Waals surface area contributed by atoms with Crippen molar-refractivity contribution in [1.29, 1.82) is 0 Å². The number of rotatable bonds is 6. The number of aromatic nitrogens is 3.